The second kappa shape index (κ2) is 6.81. The van der Waals surface area contributed by atoms with E-state index in [-0.39, 0.29) is 0 Å². The highest BCUT2D eigenvalue weighted by Gasteiger charge is 1.97. The van der Waals surface area contributed by atoms with E-state index in [4.69, 9.17) is 11.6 Å². The van der Waals surface area contributed by atoms with Crippen LogP contribution in [0.4, 0.5) is 0 Å². The van der Waals surface area contributed by atoms with Gasteiger partial charge in [-0.3, -0.25) is 0 Å². The Morgan fingerprint density at radius 2 is 2.33 bits per heavy atom. The highest BCUT2D eigenvalue weighted by atomic mass is 35.5. The predicted molar refractivity (Wildman–Crippen MR) is 68.6 cm³/mol. The fraction of sp³-hybridized carbons (Fsp3) is 0.417. The van der Waals surface area contributed by atoms with E-state index in [2.05, 4.69) is 24.9 Å². The molecule has 0 saturated carbocycles. The molecule has 3 heteroatoms. The Morgan fingerprint density at radius 1 is 1.53 bits per heavy atom. The summed E-state index contributed by atoms with van der Waals surface area (Å²) in [4.78, 5) is 5.60. The molecular formula is C12H16ClNS. The molecule has 0 unspecified atom stereocenters. The van der Waals surface area contributed by atoms with E-state index in [0.717, 1.165) is 24.3 Å². The lowest BCUT2D eigenvalue weighted by Crippen LogP contribution is -1.72. The Hall–Kier alpha value is -0.600. The summed E-state index contributed by atoms with van der Waals surface area (Å²) < 4.78 is 0. The van der Waals surface area contributed by atoms with Gasteiger partial charge in [-0.05, 0) is 18.9 Å². The van der Waals surface area contributed by atoms with E-state index in [1.54, 1.807) is 11.3 Å². The van der Waals surface area contributed by atoms with Gasteiger partial charge in [0.15, 0.2) is 0 Å². The molecule has 1 aromatic rings. The van der Waals surface area contributed by atoms with E-state index in [9.17, 15) is 0 Å². The maximum atomic E-state index is 5.94. The van der Waals surface area contributed by atoms with Gasteiger partial charge in [0, 0.05) is 22.5 Å². The quantitative estimate of drug-likeness (QED) is 0.699. The second-order valence-electron chi connectivity index (χ2n) is 3.18. The van der Waals surface area contributed by atoms with Gasteiger partial charge in [-0.2, -0.15) is 0 Å². The summed E-state index contributed by atoms with van der Waals surface area (Å²) in [6.07, 6.45) is 10.9. The molecule has 0 aliphatic carbocycles. The lowest BCUT2D eigenvalue weighted by Gasteiger charge is -1.88. The van der Waals surface area contributed by atoms with Gasteiger partial charge in [0.05, 0.1) is 5.01 Å². The number of halogens is 1. The van der Waals surface area contributed by atoms with Crippen molar-refractivity contribution in [2.75, 3.05) is 0 Å². The molecule has 0 aliphatic rings. The topological polar surface area (TPSA) is 12.9 Å². The third-order valence-corrected chi connectivity index (χ3v) is 3.34. The molecule has 0 fully saturated rings. The summed E-state index contributed by atoms with van der Waals surface area (Å²) in [6.45, 7) is 4.20. The summed E-state index contributed by atoms with van der Waals surface area (Å²) in [5, 5.41) is 2.02. The van der Waals surface area contributed by atoms with Crippen molar-refractivity contribution in [3.05, 3.63) is 39.3 Å². The molecule has 0 radical (unpaired) electrons. The van der Waals surface area contributed by atoms with Crippen molar-refractivity contribution in [3.63, 3.8) is 0 Å². The molecule has 82 valence electrons. The lowest BCUT2D eigenvalue weighted by molar-refractivity contribution is 1.09. The lowest BCUT2D eigenvalue weighted by atomic mass is 10.3. The number of aromatic nitrogens is 1. The Labute approximate surface area is 100 Å². The number of hydrogen-bond donors (Lipinski definition) is 0. The average molecular weight is 242 g/mol. The first-order valence-electron chi connectivity index (χ1n) is 5.22. The molecule has 1 aromatic heterocycles. The van der Waals surface area contributed by atoms with Crippen LogP contribution in [0, 0.1) is 0 Å². The van der Waals surface area contributed by atoms with Crippen molar-refractivity contribution in [3.8, 4) is 0 Å². The van der Waals surface area contributed by atoms with Crippen molar-refractivity contribution in [2.45, 2.75) is 33.1 Å². The minimum Gasteiger partial charge on any atom is -0.249 e. The van der Waals surface area contributed by atoms with Crippen molar-refractivity contribution < 1.29 is 0 Å². The molecule has 0 aromatic carbocycles. The normalized spacial score (nSPS) is 12.6. The van der Waals surface area contributed by atoms with Crippen LogP contribution in [0.2, 0.25) is 0 Å². The standard InChI is InChI=1S/C12H16ClNS/c1-3-6-10(13)7-5-8-11-9-14-12(4-2)15-11/h5-7,9H,3-4,8H2,1-2H3/b7-5-,10-6+. The minimum atomic E-state index is 0.817. The van der Waals surface area contributed by atoms with E-state index >= 15 is 0 Å². The fourth-order valence-electron chi connectivity index (χ4n) is 1.16. The van der Waals surface area contributed by atoms with Gasteiger partial charge >= 0.3 is 0 Å². The molecule has 0 aliphatic heterocycles. The number of nitrogens with zero attached hydrogens (tertiary/aromatic N) is 1. The number of rotatable bonds is 5. The SMILES string of the molecule is CC/C=C(Cl)\C=C/Cc1cnc(CC)s1. The van der Waals surface area contributed by atoms with Gasteiger partial charge in [0.25, 0.3) is 0 Å². The molecule has 0 saturated heterocycles. The largest absolute Gasteiger partial charge is 0.249 e. The third-order valence-electron chi connectivity index (χ3n) is 1.90. The van der Waals surface area contributed by atoms with Crippen molar-refractivity contribution >= 4 is 22.9 Å². The Morgan fingerprint density at radius 3 is 2.93 bits per heavy atom. The van der Waals surface area contributed by atoms with Crippen LogP contribution in [0.1, 0.15) is 30.2 Å². The number of thiazole rings is 1. The van der Waals surface area contributed by atoms with Gasteiger partial charge < -0.3 is 0 Å². The van der Waals surface area contributed by atoms with Crippen LogP contribution in [0.15, 0.2) is 29.5 Å². The zero-order chi connectivity index (χ0) is 11.1. The van der Waals surface area contributed by atoms with Gasteiger partial charge in [0.1, 0.15) is 0 Å². The second-order valence-corrected chi connectivity index (χ2v) is 4.81. The van der Waals surface area contributed by atoms with E-state index < -0.39 is 0 Å². The van der Waals surface area contributed by atoms with Crippen LogP contribution < -0.4 is 0 Å². The van der Waals surface area contributed by atoms with Crippen molar-refractivity contribution in [2.24, 2.45) is 0 Å². The molecule has 1 heterocycles. The smallest absolute Gasteiger partial charge is 0.0925 e. The maximum absolute atomic E-state index is 5.94. The van der Waals surface area contributed by atoms with Crippen LogP contribution in [0.3, 0.4) is 0 Å². The van der Waals surface area contributed by atoms with E-state index in [0.29, 0.717) is 0 Å². The van der Waals surface area contributed by atoms with Gasteiger partial charge in [-0.1, -0.05) is 37.6 Å². The highest BCUT2D eigenvalue weighted by molar-refractivity contribution is 7.11. The molecule has 0 atom stereocenters. The molecule has 0 spiro atoms. The number of aryl methyl sites for hydroxylation is 1. The minimum absolute atomic E-state index is 0.817. The average Bonchev–Trinajstić information content (AvgIpc) is 2.66. The first-order valence-corrected chi connectivity index (χ1v) is 6.41. The fourth-order valence-corrected chi connectivity index (χ4v) is 2.24. The van der Waals surface area contributed by atoms with Crippen LogP contribution in [0.5, 0.6) is 0 Å². The summed E-state index contributed by atoms with van der Waals surface area (Å²) in [5.74, 6) is 0. The van der Waals surface area contributed by atoms with Crippen molar-refractivity contribution in [1.29, 1.82) is 0 Å². The number of hydrogen-bond acceptors (Lipinski definition) is 2. The highest BCUT2D eigenvalue weighted by Crippen LogP contribution is 2.15. The molecule has 1 rings (SSSR count). The summed E-state index contributed by atoms with van der Waals surface area (Å²) in [5.41, 5.74) is 0. The third kappa shape index (κ3) is 4.63. The Bertz CT molecular complexity index is 352. The maximum Gasteiger partial charge on any atom is 0.0925 e. The van der Waals surface area contributed by atoms with Crippen LogP contribution in [-0.2, 0) is 12.8 Å². The predicted octanol–water partition coefficient (Wildman–Crippen LogP) is 4.34. The molecular weight excluding hydrogens is 226 g/mol. The van der Waals surface area contributed by atoms with Crippen LogP contribution >= 0.6 is 22.9 Å². The van der Waals surface area contributed by atoms with E-state index in [1.165, 1.54) is 9.88 Å². The molecule has 1 nitrogen and oxygen atoms in total. The number of allylic oxidation sites excluding steroid dienone is 4. The zero-order valence-corrected chi connectivity index (χ0v) is 10.7. The van der Waals surface area contributed by atoms with Gasteiger partial charge in [0.2, 0.25) is 0 Å². The summed E-state index contributed by atoms with van der Waals surface area (Å²) in [6, 6.07) is 0. The molecule has 15 heavy (non-hydrogen) atoms. The summed E-state index contributed by atoms with van der Waals surface area (Å²) in [7, 11) is 0. The van der Waals surface area contributed by atoms with Gasteiger partial charge in [-0.25, -0.2) is 4.98 Å². The van der Waals surface area contributed by atoms with E-state index in [1.807, 2.05) is 18.3 Å². The zero-order valence-electron chi connectivity index (χ0n) is 9.16. The monoisotopic (exact) mass is 241 g/mol. The molecule has 0 N–H and O–H groups in total. The van der Waals surface area contributed by atoms with Gasteiger partial charge in [-0.15, -0.1) is 11.3 Å². The van der Waals surface area contributed by atoms with Crippen LogP contribution in [-0.4, -0.2) is 4.98 Å². The first-order chi connectivity index (χ1) is 7.26. The summed E-state index contributed by atoms with van der Waals surface area (Å²) >= 11 is 7.71. The molecule has 0 amide bonds. The Balaban J connectivity index is 2.46. The molecule has 0 bridgehead atoms. The Kier molecular flexibility index (Phi) is 5.66. The van der Waals surface area contributed by atoms with Crippen LogP contribution in [0.25, 0.3) is 0 Å². The van der Waals surface area contributed by atoms with Crippen molar-refractivity contribution in [1.82, 2.24) is 4.98 Å². The first kappa shape index (κ1) is 12.5.